The number of hydrogen-bond acceptors (Lipinski definition) is 9. The summed E-state index contributed by atoms with van der Waals surface area (Å²) in [5.41, 5.74) is -0.938. The Morgan fingerprint density at radius 1 is 1.37 bits per heavy atom. The number of ether oxygens (including phenoxy) is 2. The van der Waals surface area contributed by atoms with E-state index in [2.05, 4.69) is 14.7 Å². The van der Waals surface area contributed by atoms with Crippen molar-refractivity contribution in [1.29, 1.82) is 0 Å². The van der Waals surface area contributed by atoms with Gasteiger partial charge >= 0.3 is 11.9 Å². The Labute approximate surface area is 166 Å². The maximum absolute atomic E-state index is 13.2. The Morgan fingerprint density at radius 3 is 2.70 bits per heavy atom. The van der Waals surface area contributed by atoms with E-state index in [9.17, 15) is 9.59 Å². The van der Waals surface area contributed by atoms with Crippen LogP contribution in [-0.4, -0.2) is 39.5 Å². The summed E-state index contributed by atoms with van der Waals surface area (Å²) in [6.07, 6.45) is 2.28. The molecule has 3 atom stereocenters. The average Bonchev–Trinajstić information content (AvgIpc) is 3.33. The van der Waals surface area contributed by atoms with Crippen LogP contribution in [0.5, 0.6) is 0 Å². The molecule has 3 heterocycles. The third kappa shape index (κ3) is 4.36. The molecule has 7 nitrogen and oxygen atoms in total. The highest BCUT2D eigenvalue weighted by Crippen LogP contribution is 2.42. The first-order valence-electron chi connectivity index (χ1n) is 8.62. The molecule has 1 saturated heterocycles. The minimum absolute atomic E-state index is 0.260. The summed E-state index contributed by atoms with van der Waals surface area (Å²) >= 11 is 2.76. The topological polar surface area (TPSA) is 90.4 Å². The molecule has 0 bridgehead atoms. The van der Waals surface area contributed by atoms with Crippen LogP contribution in [-0.2, 0) is 25.5 Å². The molecule has 0 aromatic carbocycles. The van der Waals surface area contributed by atoms with Crippen LogP contribution in [0.1, 0.15) is 43.9 Å². The maximum Gasteiger partial charge on any atom is 0.327 e. The van der Waals surface area contributed by atoms with Gasteiger partial charge in [-0.15, -0.1) is 11.3 Å². The molecular weight excluding hydrogens is 386 g/mol. The zero-order chi connectivity index (χ0) is 19.7. The van der Waals surface area contributed by atoms with E-state index >= 15 is 0 Å². The van der Waals surface area contributed by atoms with Gasteiger partial charge in [-0.2, -0.15) is 4.37 Å². The van der Waals surface area contributed by atoms with Gasteiger partial charge in [0.25, 0.3) is 0 Å². The van der Waals surface area contributed by atoms with Crippen molar-refractivity contribution in [3.05, 3.63) is 33.7 Å². The second-order valence-corrected chi connectivity index (χ2v) is 9.17. The van der Waals surface area contributed by atoms with Crippen molar-refractivity contribution < 1.29 is 19.1 Å². The van der Waals surface area contributed by atoms with Gasteiger partial charge in [0.1, 0.15) is 16.1 Å². The number of nitrogens with zero attached hydrogens (tertiary/aromatic N) is 2. The number of carbonyl (C=O) groups excluding carboxylic acids is 2. The van der Waals surface area contributed by atoms with Gasteiger partial charge in [0.2, 0.25) is 0 Å². The first-order chi connectivity index (χ1) is 12.7. The number of thiazole rings is 1. The Kier molecular flexibility index (Phi) is 5.64. The number of rotatable bonds is 5. The Morgan fingerprint density at radius 2 is 2.15 bits per heavy atom. The molecule has 0 unspecified atom stereocenters. The molecule has 27 heavy (non-hydrogen) atoms. The van der Waals surface area contributed by atoms with Gasteiger partial charge in [-0.3, -0.25) is 14.9 Å². The van der Waals surface area contributed by atoms with Crippen molar-refractivity contribution >= 4 is 34.8 Å². The van der Waals surface area contributed by atoms with Crippen LogP contribution in [0.4, 0.5) is 0 Å². The van der Waals surface area contributed by atoms with E-state index in [0.717, 1.165) is 10.7 Å². The Hall–Kier alpha value is -1.84. The fourth-order valence-corrected chi connectivity index (χ4v) is 4.59. The van der Waals surface area contributed by atoms with Gasteiger partial charge in [0.05, 0.1) is 24.8 Å². The highest BCUT2D eigenvalue weighted by Gasteiger charge is 2.55. The van der Waals surface area contributed by atoms with Crippen LogP contribution in [0.15, 0.2) is 23.0 Å². The SMILES string of the molecule is COC(=O)[C@H]1C[C@@](Cc2ccsn2)(C(=O)OC(C)(C)C)N[C@H]1c1nccs1. The second kappa shape index (κ2) is 7.65. The number of nitrogens with one attached hydrogen (secondary N) is 1. The molecule has 9 heteroatoms. The van der Waals surface area contributed by atoms with E-state index in [1.165, 1.54) is 30.0 Å². The standard InChI is InChI=1S/C18H23N3O4S2/c1-17(2,3)25-16(23)18(9-11-5-7-27-21-11)10-12(15(22)24-4)13(20-18)14-19-6-8-26-14/h5-8,12-13,20H,9-10H2,1-4H3/t12-,13+,18-/m0/s1. The summed E-state index contributed by atoms with van der Waals surface area (Å²) in [5, 5.41) is 7.83. The highest BCUT2D eigenvalue weighted by molar-refractivity contribution is 7.09. The minimum atomic E-state index is -1.07. The summed E-state index contributed by atoms with van der Waals surface area (Å²) < 4.78 is 15.1. The zero-order valence-electron chi connectivity index (χ0n) is 15.7. The van der Waals surface area contributed by atoms with Crippen LogP contribution in [0.2, 0.25) is 0 Å². The van der Waals surface area contributed by atoms with Crippen LogP contribution in [0.25, 0.3) is 0 Å². The normalized spacial score (nSPS) is 25.3. The lowest BCUT2D eigenvalue weighted by molar-refractivity contribution is -0.163. The van der Waals surface area contributed by atoms with Crippen LogP contribution in [0.3, 0.4) is 0 Å². The fraction of sp³-hybridized carbons (Fsp3) is 0.556. The van der Waals surface area contributed by atoms with E-state index < -0.39 is 29.1 Å². The van der Waals surface area contributed by atoms with Gasteiger partial charge in [-0.25, -0.2) is 4.98 Å². The molecular formula is C18H23N3O4S2. The van der Waals surface area contributed by atoms with Crippen LogP contribution < -0.4 is 5.32 Å². The van der Waals surface area contributed by atoms with Crippen molar-refractivity contribution in [2.45, 2.75) is 50.8 Å². The highest BCUT2D eigenvalue weighted by atomic mass is 32.1. The predicted molar refractivity (Wildman–Crippen MR) is 103 cm³/mol. The van der Waals surface area contributed by atoms with Gasteiger partial charge in [0, 0.05) is 23.4 Å². The smallest absolute Gasteiger partial charge is 0.327 e. The molecule has 146 valence electrons. The molecule has 2 aromatic heterocycles. The lowest BCUT2D eigenvalue weighted by atomic mass is 9.87. The zero-order valence-corrected chi connectivity index (χ0v) is 17.4. The van der Waals surface area contributed by atoms with E-state index in [1.807, 2.05) is 37.6 Å². The lowest BCUT2D eigenvalue weighted by Gasteiger charge is -2.31. The number of esters is 2. The third-order valence-corrected chi connectivity index (χ3v) is 5.84. The molecule has 1 fully saturated rings. The first-order valence-corrected chi connectivity index (χ1v) is 10.3. The Balaban J connectivity index is 1.98. The predicted octanol–water partition coefficient (Wildman–Crippen LogP) is 2.75. The minimum Gasteiger partial charge on any atom is -0.469 e. The molecule has 1 aliphatic rings. The summed E-state index contributed by atoms with van der Waals surface area (Å²) in [7, 11) is 1.36. The third-order valence-electron chi connectivity index (χ3n) is 4.39. The van der Waals surface area contributed by atoms with Crippen molar-refractivity contribution in [2.75, 3.05) is 7.11 Å². The van der Waals surface area contributed by atoms with Gasteiger partial charge < -0.3 is 9.47 Å². The van der Waals surface area contributed by atoms with Crippen LogP contribution in [0, 0.1) is 5.92 Å². The van der Waals surface area contributed by atoms with Gasteiger partial charge in [-0.05, 0) is 44.8 Å². The van der Waals surface area contributed by atoms with Gasteiger partial charge in [-0.1, -0.05) is 0 Å². The molecule has 0 saturated carbocycles. The fourth-order valence-electron chi connectivity index (χ4n) is 3.29. The molecule has 2 aromatic rings. The molecule has 0 spiro atoms. The largest absolute Gasteiger partial charge is 0.469 e. The van der Waals surface area contributed by atoms with Crippen molar-refractivity contribution in [2.24, 2.45) is 5.92 Å². The second-order valence-electron chi connectivity index (χ2n) is 7.58. The lowest BCUT2D eigenvalue weighted by Crippen LogP contribution is -2.52. The van der Waals surface area contributed by atoms with Crippen molar-refractivity contribution in [3.63, 3.8) is 0 Å². The Bertz CT molecular complexity index is 786. The van der Waals surface area contributed by atoms with Crippen LogP contribution >= 0.6 is 22.9 Å². The number of aromatic nitrogens is 2. The molecule has 0 aliphatic carbocycles. The molecule has 0 radical (unpaired) electrons. The van der Waals surface area contributed by atoms with Crippen molar-refractivity contribution in [1.82, 2.24) is 14.7 Å². The quantitative estimate of drug-likeness (QED) is 0.759. The maximum atomic E-state index is 13.2. The molecule has 3 rings (SSSR count). The summed E-state index contributed by atoms with van der Waals surface area (Å²) in [4.78, 5) is 30.0. The van der Waals surface area contributed by atoms with E-state index in [-0.39, 0.29) is 12.4 Å². The molecule has 1 N–H and O–H groups in total. The van der Waals surface area contributed by atoms with E-state index in [0.29, 0.717) is 6.42 Å². The first kappa shape index (κ1) is 19.9. The number of methoxy groups -OCH3 is 1. The summed E-state index contributed by atoms with van der Waals surface area (Å²) in [6.45, 7) is 5.48. The number of carbonyl (C=O) groups is 2. The summed E-state index contributed by atoms with van der Waals surface area (Å²) in [5.74, 6) is -1.30. The monoisotopic (exact) mass is 409 g/mol. The summed E-state index contributed by atoms with van der Waals surface area (Å²) in [6, 6.07) is 1.46. The average molecular weight is 410 g/mol. The number of hydrogen-bond donors (Lipinski definition) is 1. The van der Waals surface area contributed by atoms with E-state index in [4.69, 9.17) is 9.47 Å². The molecule has 0 amide bonds. The van der Waals surface area contributed by atoms with E-state index in [1.54, 1.807) is 6.20 Å². The van der Waals surface area contributed by atoms with Crippen molar-refractivity contribution in [3.8, 4) is 0 Å². The van der Waals surface area contributed by atoms with Gasteiger partial charge in [0.15, 0.2) is 0 Å². The molecule has 1 aliphatic heterocycles.